The van der Waals surface area contributed by atoms with E-state index >= 15 is 0 Å². The summed E-state index contributed by atoms with van der Waals surface area (Å²) in [5.74, 6) is 0. The maximum absolute atomic E-state index is 9.70. The molecule has 10 aromatic rings. The zero-order valence-corrected chi connectivity index (χ0v) is 29.5. The largest absolute Gasteiger partial charge is 0.309 e. The molecule has 0 fully saturated rings. The molecule has 5 heterocycles. The Morgan fingerprint density at radius 2 is 1.00 bits per heavy atom. The fourth-order valence-electron chi connectivity index (χ4n) is 9.39. The van der Waals surface area contributed by atoms with Crippen molar-refractivity contribution in [2.75, 3.05) is 0 Å². The van der Waals surface area contributed by atoms with E-state index in [1.807, 2.05) is 36.3 Å². The third-order valence-corrected chi connectivity index (χ3v) is 12.7. The first-order valence-electron chi connectivity index (χ1n) is 18.0. The summed E-state index contributed by atoms with van der Waals surface area (Å²) >= 11 is 1.84. The van der Waals surface area contributed by atoms with Crippen LogP contribution < -0.4 is 0 Å². The van der Waals surface area contributed by atoms with Crippen molar-refractivity contribution >= 4 is 55.4 Å². The van der Waals surface area contributed by atoms with E-state index in [1.54, 1.807) is 0 Å². The van der Waals surface area contributed by atoms with Gasteiger partial charge in [-0.15, -0.1) is 0 Å². The molecule has 1 aliphatic carbocycles. The van der Waals surface area contributed by atoms with Crippen LogP contribution in [0, 0.1) is 11.3 Å². The lowest BCUT2D eigenvalue weighted by atomic mass is 9.67. The summed E-state index contributed by atoms with van der Waals surface area (Å²) < 4.78 is 4.74. The van der Waals surface area contributed by atoms with Gasteiger partial charge in [-0.3, -0.25) is 9.97 Å². The Labute approximate surface area is 314 Å². The van der Waals surface area contributed by atoms with Crippen molar-refractivity contribution in [1.29, 1.82) is 5.26 Å². The molecule has 12 rings (SSSR count). The Kier molecular flexibility index (Phi) is 5.92. The van der Waals surface area contributed by atoms with Crippen molar-refractivity contribution in [1.82, 2.24) is 19.1 Å². The third-order valence-electron chi connectivity index (χ3n) is 11.5. The fraction of sp³-hybridized carbons (Fsp3) is 0.0208. The zero-order chi connectivity index (χ0) is 35.5. The van der Waals surface area contributed by atoms with Crippen LogP contribution in [0.1, 0.15) is 27.8 Å². The lowest BCUT2D eigenvalue weighted by molar-refractivity contribution is 0.718. The van der Waals surface area contributed by atoms with Gasteiger partial charge in [-0.2, -0.15) is 5.26 Å². The van der Waals surface area contributed by atoms with E-state index in [0.717, 1.165) is 55.6 Å². The lowest BCUT2D eigenvalue weighted by Gasteiger charge is -2.39. The Hall–Kier alpha value is -6.94. The second-order valence-electron chi connectivity index (χ2n) is 14.1. The number of hydrogen-bond donors (Lipinski definition) is 0. The van der Waals surface area contributed by atoms with E-state index in [9.17, 15) is 5.26 Å². The Morgan fingerprint density at radius 1 is 0.463 bits per heavy atom. The molecule has 0 saturated carbocycles. The first-order valence-corrected chi connectivity index (χ1v) is 18.9. The molecular weight excluding hydrogens is 679 g/mol. The molecule has 6 heteroatoms. The molecular formula is C48H27N5S. The summed E-state index contributed by atoms with van der Waals surface area (Å²) in [4.78, 5) is 12.4. The number of nitrogens with zero attached hydrogens (tertiary/aromatic N) is 5. The van der Waals surface area contributed by atoms with Gasteiger partial charge in [0.25, 0.3) is 0 Å². The van der Waals surface area contributed by atoms with Crippen molar-refractivity contribution in [3.8, 4) is 28.8 Å². The second-order valence-corrected chi connectivity index (χ2v) is 15.2. The van der Waals surface area contributed by atoms with Crippen LogP contribution in [0.15, 0.2) is 174 Å². The normalized spacial score (nSPS) is 13.6. The lowest BCUT2D eigenvalue weighted by Crippen LogP contribution is -2.32. The first-order chi connectivity index (χ1) is 26.7. The molecule has 0 atom stereocenters. The third kappa shape index (κ3) is 3.73. The van der Waals surface area contributed by atoms with E-state index in [1.165, 1.54) is 42.8 Å². The van der Waals surface area contributed by atoms with Crippen LogP contribution in [0.5, 0.6) is 0 Å². The monoisotopic (exact) mass is 705 g/mol. The molecule has 4 aromatic heterocycles. The van der Waals surface area contributed by atoms with Crippen LogP contribution in [-0.4, -0.2) is 19.1 Å². The van der Waals surface area contributed by atoms with Gasteiger partial charge in [0.1, 0.15) is 0 Å². The molecule has 0 bridgehead atoms. The molecule has 1 aliphatic heterocycles. The molecule has 0 amide bonds. The highest BCUT2D eigenvalue weighted by molar-refractivity contribution is 7.99. The number of aromatic nitrogens is 4. The number of para-hydroxylation sites is 2. The summed E-state index contributed by atoms with van der Waals surface area (Å²) in [6.45, 7) is 0. The Bertz CT molecular complexity index is 3240. The van der Waals surface area contributed by atoms with Crippen LogP contribution in [0.25, 0.3) is 66.4 Å². The fourth-order valence-corrected chi connectivity index (χ4v) is 10.6. The number of benzene rings is 6. The van der Waals surface area contributed by atoms with Crippen LogP contribution >= 0.6 is 11.8 Å². The van der Waals surface area contributed by atoms with Crippen molar-refractivity contribution in [3.63, 3.8) is 0 Å². The number of rotatable bonds is 2. The molecule has 0 N–H and O–H groups in total. The van der Waals surface area contributed by atoms with Crippen LogP contribution in [-0.2, 0) is 5.41 Å². The Balaban J connectivity index is 1.12. The standard InChI is InChI=1S/C48H27N5S/c49-28-29-17-20-42-34(25-29)32-9-1-4-14-40(32)52(42)30-18-21-43-35(26-30)33-10-2-5-15-41(33)53(43)31-19-22-45-39(27-31)48(36-11-3-6-16-44(36)54-45)37-12-7-23-50-46(37)47-38(48)13-8-24-51-47/h1-27H. The van der Waals surface area contributed by atoms with E-state index in [0.29, 0.717) is 5.56 Å². The predicted molar refractivity (Wildman–Crippen MR) is 217 cm³/mol. The highest BCUT2D eigenvalue weighted by Crippen LogP contribution is 2.61. The van der Waals surface area contributed by atoms with Gasteiger partial charge in [-0.1, -0.05) is 78.5 Å². The predicted octanol–water partition coefficient (Wildman–Crippen LogP) is 11.4. The van der Waals surface area contributed by atoms with Crippen LogP contribution in [0.4, 0.5) is 0 Å². The highest BCUT2D eigenvalue weighted by Gasteiger charge is 2.51. The zero-order valence-electron chi connectivity index (χ0n) is 28.7. The maximum atomic E-state index is 9.70. The van der Waals surface area contributed by atoms with E-state index in [-0.39, 0.29) is 0 Å². The first kappa shape index (κ1) is 29.6. The topological polar surface area (TPSA) is 59.4 Å². The molecule has 6 aromatic carbocycles. The van der Waals surface area contributed by atoms with Gasteiger partial charge in [0.15, 0.2) is 0 Å². The number of pyridine rings is 2. The summed E-state index contributed by atoms with van der Waals surface area (Å²) in [6, 6.07) is 56.7. The van der Waals surface area contributed by atoms with Gasteiger partial charge in [0.05, 0.1) is 50.5 Å². The Morgan fingerprint density at radius 3 is 1.70 bits per heavy atom. The number of nitriles is 1. The minimum atomic E-state index is -0.561. The molecule has 5 nitrogen and oxygen atoms in total. The highest BCUT2D eigenvalue weighted by atomic mass is 32.2. The van der Waals surface area contributed by atoms with Crippen molar-refractivity contribution in [2.24, 2.45) is 0 Å². The summed E-state index contributed by atoms with van der Waals surface area (Å²) in [7, 11) is 0. The number of fused-ring (bicyclic) bond motifs is 15. The quantitative estimate of drug-likeness (QED) is 0.180. The summed E-state index contributed by atoms with van der Waals surface area (Å²) in [6.07, 6.45) is 3.76. The van der Waals surface area contributed by atoms with Gasteiger partial charge in [0.2, 0.25) is 0 Å². The molecule has 0 unspecified atom stereocenters. The molecule has 2 aliphatic rings. The van der Waals surface area contributed by atoms with Crippen molar-refractivity contribution in [2.45, 2.75) is 15.2 Å². The minimum absolute atomic E-state index is 0.561. The van der Waals surface area contributed by atoms with Gasteiger partial charge >= 0.3 is 0 Å². The molecule has 0 saturated heterocycles. The van der Waals surface area contributed by atoms with E-state index in [2.05, 4.69) is 155 Å². The van der Waals surface area contributed by atoms with E-state index in [4.69, 9.17) is 9.97 Å². The van der Waals surface area contributed by atoms with Crippen molar-refractivity contribution < 1.29 is 0 Å². The van der Waals surface area contributed by atoms with E-state index < -0.39 is 5.41 Å². The number of hydrogen-bond acceptors (Lipinski definition) is 4. The van der Waals surface area contributed by atoms with Crippen molar-refractivity contribution in [3.05, 3.63) is 192 Å². The average Bonchev–Trinajstić information content (AvgIpc) is 3.85. The molecule has 250 valence electrons. The van der Waals surface area contributed by atoms with Gasteiger partial charge < -0.3 is 9.13 Å². The molecule has 54 heavy (non-hydrogen) atoms. The molecule has 1 spiro atoms. The van der Waals surface area contributed by atoms with Crippen LogP contribution in [0.3, 0.4) is 0 Å². The average molecular weight is 706 g/mol. The summed E-state index contributed by atoms with van der Waals surface area (Å²) in [5, 5.41) is 14.3. The minimum Gasteiger partial charge on any atom is -0.309 e. The second kappa shape index (κ2) is 10.8. The molecule has 0 radical (unpaired) electrons. The SMILES string of the molecule is N#Cc1ccc2c(c1)c1ccccc1n2-c1ccc2c(c1)c1ccccc1n2-c1ccc2c(c1)C1(c3ccccc3S2)c2cccnc2-c2ncccc21. The van der Waals surface area contributed by atoms with Gasteiger partial charge in [-0.25, -0.2) is 0 Å². The summed E-state index contributed by atoms with van der Waals surface area (Å²) in [5.41, 5.74) is 13.5. The smallest absolute Gasteiger partial charge is 0.0991 e. The van der Waals surface area contributed by atoms with Gasteiger partial charge in [-0.05, 0) is 107 Å². The van der Waals surface area contributed by atoms with Gasteiger partial charge in [0, 0.05) is 55.1 Å². The van der Waals surface area contributed by atoms with Crippen LogP contribution in [0.2, 0.25) is 0 Å². The maximum Gasteiger partial charge on any atom is 0.0991 e.